The van der Waals surface area contributed by atoms with Gasteiger partial charge in [-0.1, -0.05) is 0 Å². The highest BCUT2D eigenvalue weighted by atomic mass is 16.5. The molecule has 0 saturated heterocycles. The van der Waals surface area contributed by atoms with Crippen LogP contribution in [0.5, 0.6) is 0 Å². The van der Waals surface area contributed by atoms with Crippen LogP contribution >= 0.6 is 0 Å². The van der Waals surface area contributed by atoms with E-state index in [2.05, 4.69) is 5.32 Å². The number of hydrogen-bond acceptors (Lipinski definition) is 3. The molecule has 1 amide bonds. The molecule has 0 heterocycles. The second-order valence-corrected chi connectivity index (χ2v) is 3.94. The summed E-state index contributed by atoms with van der Waals surface area (Å²) < 4.78 is 4.86. The first kappa shape index (κ1) is 12.2. The zero-order chi connectivity index (χ0) is 10.3. The maximum Gasteiger partial charge on any atom is 0.407 e. The molecule has 2 N–H and O–H groups in total. The van der Waals surface area contributed by atoms with Crippen LogP contribution in [-0.4, -0.2) is 30.0 Å². The van der Waals surface area contributed by atoms with Crippen LogP contribution in [0.3, 0.4) is 0 Å². The Balaban J connectivity index is 3.41. The summed E-state index contributed by atoms with van der Waals surface area (Å²) >= 11 is 0. The summed E-state index contributed by atoms with van der Waals surface area (Å²) in [4.78, 5) is 11.0. The smallest absolute Gasteiger partial charge is 0.407 e. The Kier molecular flexibility index (Phi) is 5.46. The number of ether oxygens (including phenoxy) is 1. The van der Waals surface area contributed by atoms with Gasteiger partial charge >= 0.3 is 6.09 Å². The number of unbranched alkanes of at least 4 members (excludes halogenated alkanes) is 1. The van der Waals surface area contributed by atoms with Crippen LogP contribution in [0.15, 0.2) is 0 Å². The predicted molar refractivity (Wildman–Crippen MR) is 50.6 cm³/mol. The molecule has 0 saturated carbocycles. The average molecular weight is 189 g/mol. The predicted octanol–water partition coefficient (Wildman–Crippen LogP) is 1.28. The Bertz CT molecular complexity index is 151. The maximum absolute atomic E-state index is 11.0. The lowest BCUT2D eigenvalue weighted by atomic mass is 10.1. The number of aliphatic hydroxyl groups excluding tert-OH is 1. The third kappa shape index (κ3) is 9.14. The summed E-state index contributed by atoms with van der Waals surface area (Å²) in [5, 5.41) is 11.1. The molecule has 0 bridgehead atoms. The molecule has 0 fully saturated rings. The van der Waals surface area contributed by atoms with E-state index in [1.165, 1.54) is 0 Å². The van der Waals surface area contributed by atoms with Crippen molar-refractivity contribution < 1.29 is 14.6 Å². The zero-order valence-corrected chi connectivity index (χ0v) is 8.59. The summed E-state index contributed by atoms with van der Waals surface area (Å²) in [7, 11) is 0. The van der Waals surface area contributed by atoms with E-state index in [-0.39, 0.29) is 12.1 Å². The maximum atomic E-state index is 11.0. The molecule has 0 aromatic rings. The molecule has 0 aliphatic heterocycles. The first-order valence-corrected chi connectivity index (χ1v) is 4.51. The van der Waals surface area contributed by atoms with E-state index in [1.807, 2.05) is 20.8 Å². The number of amides is 1. The van der Waals surface area contributed by atoms with Crippen LogP contribution in [0.4, 0.5) is 4.79 Å². The van der Waals surface area contributed by atoms with Crippen molar-refractivity contribution in [2.24, 2.45) is 0 Å². The highest BCUT2D eigenvalue weighted by Gasteiger charge is 2.13. The summed E-state index contributed by atoms with van der Waals surface area (Å²) in [6.45, 7) is 6.18. The van der Waals surface area contributed by atoms with Crippen LogP contribution in [0, 0.1) is 0 Å². The third-order valence-corrected chi connectivity index (χ3v) is 1.26. The topological polar surface area (TPSA) is 58.6 Å². The number of nitrogens with one attached hydrogen (secondary N) is 1. The van der Waals surface area contributed by atoms with E-state index in [0.29, 0.717) is 19.4 Å². The Hall–Kier alpha value is -0.770. The fourth-order valence-electron chi connectivity index (χ4n) is 0.721. The Morgan fingerprint density at radius 2 is 2.00 bits per heavy atom. The molecular weight excluding hydrogens is 170 g/mol. The molecule has 78 valence electrons. The SMILES string of the molecule is CC(C)(C)NC(=O)OCCCCO. The van der Waals surface area contributed by atoms with E-state index in [0.717, 1.165) is 0 Å². The van der Waals surface area contributed by atoms with Gasteiger partial charge in [0.15, 0.2) is 0 Å². The monoisotopic (exact) mass is 189 g/mol. The fourth-order valence-corrected chi connectivity index (χ4v) is 0.721. The highest BCUT2D eigenvalue weighted by Crippen LogP contribution is 1.99. The number of carbonyl (C=O) groups is 1. The Morgan fingerprint density at radius 3 is 2.46 bits per heavy atom. The van der Waals surface area contributed by atoms with Gasteiger partial charge in [0, 0.05) is 12.1 Å². The quantitative estimate of drug-likeness (QED) is 0.655. The third-order valence-electron chi connectivity index (χ3n) is 1.26. The van der Waals surface area contributed by atoms with Gasteiger partial charge in [0.1, 0.15) is 0 Å². The second kappa shape index (κ2) is 5.80. The molecule has 0 aromatic heterocycles. The minimum Gasteiger partial charge on any atom is -0.450 e. The summed E-state index contributed by atoms with van der Waals surface area (Å²) in [6, 6.07) is 0. The summed E-state index contributed by atoms with van der Waals surface area (Å²) in [6.07, 6.45) is 0.974. The molecule has 0 rings (SSSR count). The number of rotatable bonds is 4. The molecule has 4 nitrogen and oxygen atoms in total. The first-order chi connectivity index (χ1) is 5.95. The lowest BCUT2D eigenvalue weighted by Gasteiger charge is -2.19. The van der Waals surface area contributed by atoms with Gasteiger partial charge in [0.05, 0.1) is 6.61 Å². The molecule has 0 unspecified atom stereocenters. The normalized spacial score (nSPS) is 11.1. The van der Waals surface area contributed by atoms with Crippen molar-refractivity contribution in [1.82, 2.24) is 5.32 Å². The van der Waals surface area contributed by atoms with Gasteiger partial charge in [-0.15, -0.1) is 0 Å². The molecule has 0 aliphatic carbocycles. The van der Waals surface area contributed by atoms with Crippen LogP contribution in [0.25, 0.3) is 0 Å². The summed E-state index contributed by atoms with van der Waals surface area (Å²) in [5.74, 6) is 0. The van der Waals surface area contributed by atoms with Crippen LogP contribution in [0.2, 0.25) is 0 Å². The molecule has 0 aliphatic rings. The highest BCUT2D eigenvalue weighted by molar-refractivity contribution is 5.67. The molecule has 0 aromatic carbocycles. The van der Waals surface area contributed by atoms with E-state index in [1.54, 1.807) is 0 Å². The van der Waals surface area contributed by atoms with E-state index < -0.39 is 6.09 Å². The molecular formula is C9H19NO3. The standard InChI is InChI=1S/C9H19NO3/c1-9(2,3)10-8(12)13-7-5-4-6-11/h11H,4-7H2,1-3H3,(H,10,12). The molecule has 0 spiro atoms. The number of aliphatic hydroxyl groups is 1. The van der Waals surface area contributed by atoms with Crippen molar-refractivity contribution in [3.8, 4) is 0 Å². The Labute approximate surface area is 79.3 Å². The molecule has 0 atom stereocenters. The number of carbonyl (C=O) groups excluding carboxylic acids is 1. The minimum atomic E-state index is -0.398. The van der Waals surface area contributed by atoms with Crippen molar-refractivity contribution in [1.29, 1.82) is 0 Å². The van der Waals surface area contributed by atoms with Gasteiger partial charge in [-0.05, 0) is 33.6 Å². The lowest BCUT2D eigenvalue weighted by molar-refractivity contribution is 0.133. The van der Waals surface area contributed by atoms with Crippen LogP contribution < -0.4 is 5.32 Å². The van der Waals surface area contributed by atoms with Crippen LogP contribution in [0.1, 0.15) is 33.6 Å². The first-order valence-electron chi connectivity index (χ1n) is 4.51. The van der Waals surface area contributed by atoms with Gasteiger partial charge in [-0.2, -0.15) is 0 Å². The van der Waals surface area contributed by atoms with E-state index in [4.69, 9.17) is 9.84 Å². The van der Waals surface area contributed by atoms with Gasteiger partial charge in [-0.25, -0.2) is 4.79 Å². The van der Waals surface area contributed by atoms with Crippen molar-refractivity contribution >= 4 is 6.09 Å². The van der Waals surface area contributed by atoms with Crippen LogP contribution in [-0.2, 0) is 4.74 Å². The number of alkyl carbamates (subject to hydrolysis) is 1. The van der Waals surface area contributed by atoms with Gasteiger partial charge in [-0.3, -0.25) is 0 Å². The minimum absolute atomic E-state index is 0.143. The summed E-state index contributed by atoms with van der Waals surface area (Å²) in [5.41, 5.74) is -0.256. The molecule has 0 radical (unpaired) electrons. The lowest BCUT2D eigenvalue weighted by Crippen LogP contribution is -2.41. The van der Waals surface area contributed by atoms with Crippen molar-refractivity contribution in [2.75, 3.05) is 13.2 Å². The van der Waals surface area contributed by atoms with Gasteiger partial charge in [0.2, 0.25) is 0 Å². The van der Waals surface area contributed by atoms with Crippen molar-refractivity contribution in [3.63, 3.8) is 0 Å². The van der Waals surface area contributed by atoms with Crippen molar-refractivity contribution in [2.45, 2.75) is 39.2 Å². The Morgan fingerprint density at radius 1 is 1.38 bits per heavy atom. The number of hydrogen-bond donors (Lipinski definition) is 2. The molecule has 4 heteroatoms. The fraction of sp³-hybridized carbons (Fsp3) is 0.889. The van der Waals surface area contributed by atoms with Crippen molar-refractivity contribution in [3.05, 3.63) is 0 Å². The second-order valence-electron chi connectivity index (χ2n) is 3.94. The van der Waals surface area contributed by atoms with Gasteiger partial charge < -0.3 is 15.2 Å². The average Bonchev–Trinajstić information content (AvgIpc) is 1.94. The molecule has 13 heavy (non-hydrogen) atoms. The largest absolute Gasteiger partial charge is 0.450 e. The zero-order valence-electron chi connectivity index (χ0n) is 8.59. The van der Waals surface area contributed by atoms with E-state index >= 15 is 0 Å². The van der Waals surface area contributed by atoms with E-state index in [9.17, 15) is 4.79 Å². The van der Waals surface area contributed by atoms with Gasteiger partial charge in [0.25, 0.3) is 0 Å².